The van der Waals surface area contributed by atoms with Crippen LogP contribution in [0.1, 0.15) is 39.2 Å². The number of aryl methyl sites for hydroxylation is 1. The third-order valence-electron chi connectivity index (χ3n) is 3.15. The highest BCUT2D eigenvalue weighted by Crippen LogP contribution is 2.26. The summed E-state index contributed by atoms with van der Waals surface area (Å²) in [5, 5.41) is 2.89. The average molecular weight is 278 g/mol. The van der Waals surface area contributed by atoms with E-state index >= 15 is 0 Å². The molecule has 112 valence electrons. The molecule has 1 atom stereocenters. The second-order valence-electron chi connectivity index (χ2n) is 5.51. The lowest BCUT2D eigenvalue weighted by Crippen LogP contribution is -2.31. The summed E-state index contributed by atoms with van der Waals surface area (Å²) in [4.78, 5) is 12.0. The monoisotopic (exact) mass is 278 g/mol. The van der Waals surface area contributed by atoms with E-state index < -0.39 is 0 Å². The first-order valence-electron chi connectivity index (χ1n) is 7.23. The van der Waals surface area contributed by atoms with Crippen molar-refractivity contribution < 1.29 is 9.53 Å². The predicted molar refractivity (Wildman–Crippen MR) is 83.0 cm³/mol. The summed E-state index contributed by atoms with van der Waals surface area (Å²) in [6, 6.07) is 5.64. The van der Waals surface area contributed by atoms with Gasteiger partial charge in [0, 0.05) is 12.5 Å². The zero-order valence-electron chi connectivity index (χ0n) is 12.9. The highest BCUT2D eigenvalue weighted by atomic mass is 16.5. The van der Waals surface area contributed by atoms with Crippen molar-refractivity contribution in [2.24, 2.45) is 11.7 Å². The number of ether oxygens (including phenoxy) is 1. The van der Waals surface area contributed by atoms with Crippen molar-refractivity contribution in [3.05, 3.63) is 23.8 Å². The number of benzene rings is 1. The Morgan fingerprint density at radius 2 is 2.10 bits per heavy atom. The topological polar surface area (TPSA) is 64.3 Å². The van der Waals surface area contributed by atoms with E-state index in [1.54, 1.807) is 0 Å². The van der Waals surface area contributed by atoms with Gasteiger partial charge in [0.25, 0.3) is 0 Å². The van der Waals surface area contributed by atoms with Crippen LogP contribution in [-0.2, 0) is 4.79 Å². The number of hydrogen-bond acceptors (Lipinski definition) is 3. The van der Waals surface area contributed by atoms with Gasteiger partial charge in [-0.2, -0.15) is 0 Å². The number of anilines is 1. The van der Waals surface area contributed by atoms with Crippen LogP contribution < -0.4 is 15.8 Å². The van der Waals surface area contributed by atoms with Crippen LogP contribution in [0.25, 0.3) is 0 Å². The number of hydrogen-bond donors (Lipinski definition) is 2. The maximum absolute atomic E-state index is 12.0. The number of amides is 1. The molecule has 0 aliphatic heterocycles. The van der Waals surface area contributed by atoms with Crippen LogP contribution >= 0.6 is 0 Å². The number of carbonyl (C=O) groups is 1. The summed E-state index contributed by atoms with van der Waals surface area (Å²) in [6.07, 6.45) is 1.25. The summed E-state index contributed by atoms with van der Waals surface area (Å²) in [5.41, 5.74) is 7.74. The number of nitrogens with two attached hydrogens (primary N) is 1. The van der Waals surface area contributed by atoms with Gasteiger partial charge in [-0.25, -0.2) is 0 Å². The molecule has 3 N–H and O–H groups in total. The van der Waals surface area contributed by atoms with Crippen molar-refractivity contribution in [3.8, 4) is 5.75 Å². The van der Waals surface area contributed by atoms with Crippen molar-refractivity contribution in [1.29, 1.82) is 0 Å². The van der Waals surface area contributed by atoms with Crippen LogP contribution in [-0.4, -0.2) is 18.6 Å². The fraction of sp³-hybridized carbons (Fsp3) is 0.562. The highest BCUT2D eigenvalue weighted by Gasteiger charge is 2.14. The van der Waals surface area contributed by atoms with E-state index in [2.05, 4.69) is 12.2 Å². The minimum atomic E-state index is -0.125. The summed E-state index contributed by atoms with van der Waals surface area (Å²) < 4.78 is 5.67. The first-order chi connectivity index (χ1) is 9.43. The molecule has 0 aromatic heterocycles. The lowest BCUT2D eigenvalue weighted by atomic mass is 10.0. The first-order valence-corrected chi connectivity index (χ1v) is 7.23. The summed E-state index contributed by atoms with van der Waals surface area (Å²) in [7, 11) is 0. The molecule has 0 bridgehead atoms. The van der Waals surface area contributed by atoms with Crippen molar-refractivity contribution in [2.45, 2.75) is 46.6 Å². The van der Waals surface area contributed by atoms with Gasteiger partial charge in [-0.15, -0.1) is 0 Å². The molecule has 1 aromatic carbocycles. The molecule has 20 heavy (non-hydrogen) atoms. The second kappa shape index (κ2) is 7.90. The standard InChI is InChI=1S/C16H26N2O2/c1-5-8-20-15-9-12(4)6-7-14(15)18-16(19)10-13(17)11(2)3/h6-7,9,11,13H,5,8,10,17H2,1-4H3,(H,18,19). The van der Waals surface area contributed by atoms with Crippen LogP contribution in [0.2, 0.25) is 0 Å². The lowest BCUT2D eigenvalue weighted by Gasteiger charge is -2.17. The molecule has 0 radical (unpaired) electrons. The van der Waals surface area contributed by atoms with Gasteiger partial charge in [-0.05, 0) is 37.0 Å². The quantitative estimate of drug-likeness (QED) is 0.805. The van der Waals surface area contributed by atoms with Gasteiger partial charge < -0.3 is 15.8 Å². The third kappa shape index (κ3) is 5.21. The number of nitrogens with one attached hydrogen (secondary N) is 1. The van der Waals surface area contributed by atoms with Gasteiger partial charge in [0.15, 0.2) is 0 Å². The smallest absolute Gasteiger partial charge is 0.226 e. The molecule has 0 aliphatic carbocycles. The summed E-state index contributed by atoms with van der Waals surface area (Å²) in [5.74, 6) is 0.935. The molecule has 4 heteroatoms. The Morgan fingerprint density at radius 3 is 2.70 bits per heavy atom. The normalized spacial score (nSPS) is 12.3. The van der Waals surface area contributed by atoms with E-state index in [0.29, 0.717) is 18.7 Å². The largest absolute Gasteiger partial charge is 0.491 e. The van der Waals surface area contributed by atoms with E-state index in [1.165, 1.54) is 0 Å². The van der Waals surface area contributed by atoms with Crippen LogP contribution in [0.5, 0.6) is 5.75 Å². The van der Waals surface area contributed by atoms with Gasteiger partial charge in [0.2, 0.25) is 5.91 Å². The van der Waals surface area contributed by atoms with Crippen molar-refractivity contribution >= 4 is 11.6 Å². The van der Waals surface area contributed by atoms with E-state index in [0.717, 1.165) is 17.7 Å². The Balaban J connectivity index is 2.73. The number of carbonyl (C=O) groups excluding carboxylic acids is 1. The van der Waals surface area contributed by atoms with E-state index in [4.69, 9.17) is 10.5 Å². The molecule has 1 amide bonds. The fourth-order valence-electron chi connectivity index (χ4n) is 1.72. The number of rotatable bonds is 7. The molecule has 0 saturated heterocycles. The molecule has 4 nitrogen and oxygen atoms in total. The maximum Gasteiger partial charge on any atom is 0.226 e. The van der Waals surface area contributed by atoms with Gasteiger partial charge >= 0.3 is 0 Å². The zero-order valence-corrected chi connectivity index (χ0v) is 12.9. The predicted octanol–water partition coefficient (Wildman–Crippen LogP) is 3.10. The lowest BCUT2D eigenvalue weighted by molar-refractivity contribution is -0.116. The van der Waals surface area contributed by atoms with Crippen molar-refractivity contribution in [2.75, 3.05) is 11.9 Å². The Bertz CT molecular complexity index is 444. The van der Waals surface area contributed by atoms with E-state index in [-0.39, 0.29) is 17.9 Å². The average Bonchev–Trinajstić information content (AvgIpc) is 2.38. The molecule has 0 aliphatic rings. The van der Waals surface area contributed by atoms with E-state index in [9.17, 15) is 4.79 Å². The Labute approximate surface area is 121 Å². The molecule has 0 fully saturated rings. The second-order valence-corrected chi connectivity index (χ2v) is 5.51. The SMILES string of the molecule is CCCOc1cc(C)ccc1NC(=O)CC(N)C(C)C. The molecule has 1 rings (SSSR count). The van der Waals surface area contributed by atoms with Gasteiger partial charge in [0.1, 0.15) is 5.75 Å². The molecule has 1 aromatic rings. The Kier molecular flexibility index (Phi) is 6.52. The summed E-state index contributed by atoms with van der Waals surface area (Å²) in [6.45, 7) is 8.71. The Morgan fingerprint density at radius 1 is 1.40 bits per heavy atom. The fourth-order valence-corrected chi connectivity index (χ4v) is 1.72. The molecule has 1 unspecified atom stereocenters. The third-order valence-corrected chi connectivity index (χ3v) is 3.15. The molecular weight excluding hydrogens is 252 g/mol. The molecule has 0 saturated carbocycles. The zero-order chi connectivity index (χ0) is 15.1. The van der Waals surface area contributed by atoms with E-state index in [1.807, 2.05) is 39.0 Å². The first kappa shape index (κ1) is 16.5. The minimum Gasteiger partial charge on any atom is -0.491 e. The Hall–Kier alpha value is -1.55. The van der Waals surface area contributed by atoms with Crippen LogP contribution in [0.3, 0.4) is 0 Å². The van der Waals surface area contributed by atoms with Crippen molar-refractivity contribution in [1.82, 2.24) is 0 Å². The van der Waals surface area contributed by atoms with Crippen LogP contribution in [0, 0.1) is 12.8 Å². The molecular formula is C16H26N2O2. The molecule has 0 heterocycles. The van der Waals surface area contributed by atoms with Gasteiger partial charge in [-0.3, -0.25) is 4.79 Å². The van der Waals surface area contributed by atoms with Crippen molar-refractivity contribution in [3.63, 3.8) is 0 Å². The van der Waals surface area contributed by atoms with Crippen LogP contribution in [0.15, 0.2) is 18.2 Å². The maximum atomic E-state index is 12.0. The van der Waals surface area contributed by atoms with Gasteiger partial charge in [0.05, 0.1) is 12.3 Å². The highest BCUT2D eigenvalue weighted by molar-refractivity contribution is 5.92. The molecule has 0 spiro atoms. The summed E-state index contributed by atoms with van der Waals surface area (Å²) >= 11 is 0. The van der Waals surface area contributed by atoms with Crippen LogP contribution in [0.4, 0.5) is 5.69 Å². The van der Waals surface area contributed by atoms with Gasteiger partial charge in [-0.1, -0.05) is 26.8 Å². The minimum absolute atomic E-state index is 0.0728.